The number of hydrogen-bond acceptors (Lipinski definition) is 5. The van der Waals surface area contributed by atoms with E-state index in [1.807, 2.05) is 30.3 Å². The van der Waals surface area contributed by atoms with E-state index in [0.717, 1.165) is 18.7 Å². The molecule has 3 rings (SSSR count). The van der Waals surface area contributed by atoms with Gasteiger partial charge in [0.05, 0.1) is 18.1 Å². The van der Waals surface area contributed by atoms with E-state index < -0.39 is 4.92 Å². The van der Waals surface area contributed by atoms with Gasteiger partial charge in [-0.2, -0.15) is 0 Å². The molecule has 1 amide bonds. The highest BCUT2D eigenvalue weighted by Crippen LogP contribution is 2.28. The van der Waals surface area contributed by atoms with Gasteiger partial charge in [0.25, 0.3) is 5.91 Å². The summed E-state index contributed by atoms with van der Waals surface area (Å²) < 4.78 is 5.00. The van der Waals surface area contributed by atoms with Gasteiger partial charge >= 0.3 is 5.69 Å². The molecule has 1 fully saturated rings. The first kappa shape index (κ1) is 18.8. The van der Waals surface area contributed by atoms with Crippen LogP contribution in [0.4, 0.5) is 5.69 Å². The number of nitro benzene ring substituents is 1. The number of likely N-dealkylation sites (tertiary alicyclic amines) is 1. The van der Waals surface area contributed by atoms with E-state index >= 15 is 0 Å². The maximum atomic E-state index is 12.8. The Morgan fingerprint density at radius 3 is 2.56 bits per heavy atom. The molecule has 1 aliphatic rings. The van der Waals surface area contributed by atoms with E-state index in [2.05, 4.69) is 10.2 Å². The highest BCUT2D eigenvalue weighted by molar-refractivity contribution is 5.95. The molecule has 27 heavy (non-hydrogen) atoms. The number of amides is 1. The largest absolute Gasteiger partial charge is 0.490 e. The summed E-state index contributed by atoms with van der Waals surface area (Å²) in [5.41, 5.74) is 1.03. The summed E-state index contributed by atoms with van der Waals surface area (Å²) in [7, 11) is 1.36. The zero-order valence-electron chi connectivity index (χ0n) is 15.3. The summed E-state index contributed by atoms with van der Waals surface area (Å²) in [6.45, 7) is 2.76. The predicted octanol–water partition coefficient (Wildman–Crippen LogP) is 3.17. The molecule has 1 N–H and O–H groups in total. The van der Waals surface area contributed by atoms with Crippen molar-refractivity contribution >= 4 is 11.6 Å². The van der Waals surface area contributed by atoms with Crippen molar-refractivity contribution in [1.29, 1.82) is 0 Å². The molecule has 1 unspecified atom stereocenters. The maximum Gasteiger partial charge on any atom is 0.311 e. The molecule has 0 saturated carbocycles. The third-order valence-electron chi connectivity index (χ3n) is 4.78. The summed E-state index contributed by atoms with van der Waals surface area (Å²) >= 11 is 0. The topological polar surface area (TPSA) is 84.7 Å². The second kappa shape index (κ2) is 8.64. The molecule has 0 aliphatic carbocycles. The number of benzene rings is 2. The third-order valence-corrected chi connectivity index (χ3v) is 4.78. The van der Waals surface area contributed by atoms with Crippen molar-refractivity contribution in [2.45, 2.75) is 18.9 Å². The molecule has 7 nitrogen and oxygen atoms in total. The first-order valence-corrected chi connectivity index (χ1v) is 8.99. The van der Waals surface area contributed by atoms with Crippen LogP contribution in [0.15, 0.2) is 48.5 Å². The van der Waals surface area contributed by atoms with Crippen LogP contribution >= 0.6 is 0 Å². The van der Waals surface area contributed by atoms with Gasteiger partial charge in [-0.05, 0) is 43.6 Å². The number of ether oxygens (including phenoxy) is 1. The molecule has 142 valence electrons. The molecule has 2 aromatic rings. The zero-order chi connectivity index (χ0) is 19.2. The summed E-state index contributed by atoms with van der Waals surface area (Å²) in [5.74, 6) is -0.206. The average molecular weight is 369 g/mol. The van der Waals surface area contributed by atoms with Gasteiger partial charge in [-0.25, -0.2) is 0 Å². The van der Waals surface area contributed by atoms with Crippen molar-refractivity contribution in [1.82, 2.24) is 10.2 Å². The van der Waals surface area contributed by atoms with E-state index in [-0.39, 0.29) is 28.9 Å². The number of rotatable bonds is 7. The van der Waals surface area contributed by atoms with Gasteiger partial charge < -0.3 is 15.0 Å². The lowest BCUT2D eigenvalue weighted by Crippen LogP contribution is -2.37. The Morgan fingerprint density at radius 1 is 1.22 bits per heavy atom. The van der Waals surface area contributed by atoms with Crippen molar-refractivity contribution in [3.8, 4) is 5.75 Å². The van der Waals surface area contributed by atoms with Crippen LogP contribution in [0.2, 0.25) is 0 Å². The van der Waals surface area contributed by atoms with Gasteiger partial charge in [0.1, 0.15) is 0 Å². The van der Waals surface area contributed by atoms with Crippen LogP contribution < -0.4 is 10.1 Å². The van der Waals surface area contributed by atoms with E-state index in [0.29, 0.717) is 6.54 Å². The van der Waals surface area contributed by atoms with Gasteiger partial charge in [-0.1, -0.05) is 30.3 Å². The number of carbonyl (C=O) groups is 1. The first-order valence-electron chi connectivity index (χ1n) is 8.99. The molecule has 1 aliphatic heterocycles. The zero-order valence-corrected chi connectivity index (χ0v) is 15.3. The van der Waals surface area contributed by atoms with Crippen LogP contribution in [0.5, 0.6) is 5.75 Å². The highest BCUT2D eigenvalue weighted by Gasteiger charge is 2.23. The van der Waals surface area contributed by atoms with Gasteiger partial charge in [0.15, 0.2) is 5.75 Å². The molecule has 1 heterocycles. The summed E-state index contributed by atoms with van der Waals surface area (Å²) in [4.78, 5) is 25.8. The number of hydrogen-bond donors (Lipinski definition) is 1. The predicted molar refractivity (Wildman–Crippen MR) is 102 cm³/mol. The van der Waals surface area contributed by atoms with Crippen molar-refractivity contribution in [3.63, 3.8) is 0 Å². The second-order valence-corrected chi connectivity index (χ2v) is 6.59. The molecule has 0 radical (unpaired) electrons. The van der Waals surface area contributed by atoms with Gasteiger partial charge in [0, 0.05) is 18.2 Å². The number of nitro groups is 1. The van der Waals surface area contributed by atoms with Gasteiger partial charge in [0.2, 0.25) is 0 Å². The Hall–Kier alpha value is -2.93. The molecular weight excluding hydrogens is 346 g/mol. The minimum Gasteiger partial charge on any atom is -0.490 e. The molecule has 0 bridgehead atoms. The van der Waals surface area contributed by atoms with Crippen LogP contribution in [0, 0.1) is 10.1 Å². The maximum absolute atomic E-state index is 12.8. The molecule has 1 saturated heterocycles. The lowest BCUT2D eigenvalue weighted by Gasteiger charge is -2.25. The Morgan fingerprint density at radius 2 is 1.93 bits per heavy atom. The SMILES string of the molecule is COc1ccc(C(=O)NC(CN2CCCC2)c2ccccc2)cc1[N+](=O)[O-]. The van der Waals surface area contributed by atoms with Gasteiger partial charge in [-0.15, -0.1) is 0 Å². The van der Waals surface area contributed by atoms with E-state index in [4.69, 9.17) is 4.74 Å². The Bertz CT molecular complexity index is 804. The van der Waals surface area contributed by atoms with Crippen molar-refractivity contribution in [2.24, 2.45) is 0 Å². The highest BCUT2D eigenvalue weighted by atomic mass is 16.6. The molecule has 1 atom stereocenters. The van der Waals surface area contributed by atoms with Gasteiger partial charge in [-0.3, -0.25) is 14.9 Å². The quantitative estimate of drug-likeness (QED) is 0.598. The van der Waals surface area contributed by atoms with Crippen LogP contribution in [0.1, 0.15) is 34.8 Å². The number of methoxy groups -OCH3 is 1. The fraction of sp³-hybridized carbons (Fsp3) is 0.350. The number of nitrogens with one attached hydrogen (secondary N) is 1. The molecular formula is C20H23N3O4. The average Bonchev–Trinajstić information content (AvgIpc) is 3.20. The van der Waals surface area contributed by atoms with Crippen LogP contribution in [-0.2, 0) is 0 Å². The fourth-order valence-corrected chi connectivity index (χ4v) is 3.36. The monoisotopic (exact) mass is 369 g/mol. The molecule has 0 aromatic heterocycles. The standard InChI is InChI=1S/C20H23N3O4/c1-27-19-10-9-16(13-18(19)23(25)26)20(24)21-17(14-22-11-5-6-12-22)15-7-3-2-4-8-15/h2-4,7-10,13,17H,5-6,11-12,14H2,1H3,(H,21,24). The molecule has 7 heteroatoms. The van der Waals surface area contributed by atoms with E-state index in [1.165, 1.54) is 32.1 Å². The fourth-order valence-electron chi connectivity index (χ4n) is 3.36. The number of nitrogens with zero attached hydrogens (tertiary/aromatic N) is 2. The van der Waals surface area contributed by atoms with Crippen molar-refractivity contribution < 1.29 is 14.5 Å². The molecule has 0 spiro atoms. The Labute approximate surface area is 158 Å². The summed E-state index contributed by atoms with van der Waals surface area (Å²) in [5, 5.41) is 14.3. The smallest absolute Gasteiger partial charge is 0.311 e. The van der Waals surface area contributed by atoms with Crippen LogP contribution in [-0.4, -0.2) is 42.5 Å². The van der Waals surface area contributed by atoms with Crippen LogP contribution in [0.25, 0.3) is 0 Å². The van der Waals surface area contributed by atoms with Crippen molar-refractivity contribution in [2.75, 3.05) is 26.7 Å². The Kier molecular flexibility index (Phi) is 6.03. The second-order valence-electron chi connectivity index (χ2n) is 6.59. The van der Waals surface area contributed by atoms with E-state index in [1.54, 1.807) is 6.07 Å². The minimum absolute atomic E-state index is 0.133. The first-order chi connectivity index (χ1) is 13.1. The minimum atomic E-state index is -0.547. The lowest BCUT2D eigenvalue weighted by molar-refractivity contribution is -0.385. The molecule has 2 aromatic carbocycles. The summed E-state index contributed by atoms with van der Waals surface area (Å²) in [6, 6.07) is 13.8. The normalized spacial score (nSPS) is 15.3. The van der Waals surface area contributed by atoms with E-state index in [9.17, 15) is 14.9 Å². The summed E-state index contributed by atoms with van der Waals surface area (Å²) in [6.07, 6.45) is 2.33. The third kappa shape index (κ3) is 4.62. The lowest BCUT2D eigenvalue weighted by atomic mass is 10.1. The number of carbonyl (C=O) groups excluding carboxylic acids is 1. The van der Waals surface area contributed by atoms with Crippen molar-refractivity contribution in [3.05, 3.63) is 69.8 Å². The Balaban J connectivity index is 1.81. The van der Waals surface area contributed by atoms with Crippen LogP contribution in [0.3, 0.4) is 0 Å².